The largest absolute Gasteiger partial charge is 0.416 e. The molecule has 0 bridgehead atoms. The molecule has 2 aromatic rings. The second kappa shape index (κ2) is 10.4. The molecule has 190 valence electrons. The molecule has 0 aromatic heterocycles. The molecule has 0 unspecified atom stereocenters. The lowest BCUT2D eigenvalue weighted by Crippen LogP contribution is -2.57. The standard InChI is InChI=1S/C26H32ClF3N4O/c1-17-16-33(14-15-34(17)18(2)19-6-8-20(9-7-19)26(28,29)30)21-10-12-32(13-11-21)25(35)24-22(27)4-3-5-23(24)31/h3-9,17-18,21H,10-16,31H2,1-2H3/t17-,18-/m0/s1. The SMILES string of the molecule is C[C@H]1CN(C2CCN(C(=O)c3c(N)cccc3Cl)CC2)CCN1[C@@H](C)c1ccc(C(F)(F)F)cc1. The maximum Gasteiger partial charge on any atom is 0.416 e. The Kier molecular flexibility index (Phi) is 7.64. The zero-order chi connectivity index (χ0) is 25.3. The van der Waals surface area contributed by atoms with E-state index in [-0.39, 0.29) is 18.0 Å². The Balaban J connectivity index is 1.32. The van der Waals surface area contributed by atoms with Crippen LogP contribution >= 0.6 is 11.6 Å². The number of piperazine rings is 1. The lowest BCUT2D eigenvalue weighted by molar-refractivity contribution is -0.137. The lowest BCUT2D eigenvalue weighted by atomic mass is 9.98. The van der Waals surface area contributed by atoms with Crippen molar-refractivity contribution in [2.24, 2.45) is 0 Å². The molecule has 2 saturated heterocycles. The van der Waals surface area contributed by atoms with Crippen molar-refractivity contribution in [1.29, 1.82) is 0 Å². The van der Waals surface area contributed by atoms with Crippen LogP contribution in [0.3, 0.4) is 0 Å². The second-order valence-corrected chi connectivity index (χ2v) is 10.0. The van der Waals surface area contributed by atoms with E-state index in [1.807, 2.05) is 4.90 Å². The van der Waals surface area contributed by atoms with Gasteiger partial charge in [-0.1, -0.05) is 29.8 Å². The highest BCUT2D eigenvalue weighted by Gasteiger charge is 2.35. The molecular formula is C26H32ClF3N4O. The minimum Gasteiger partial charge on any atom is -0.398 e. The molecule has 0 saturated carbocycles. The molecule has 4 rings (SSSR count). The number of carbonyl (C=O) groups excluding carboxylic acids is 1. The molecular weight excluding hydrogens is 477 g/mol. The van der Waals surface area contributed by atoms with Crippen LogP contribution in [0.2, 0.25) is 5.02 Å². The minimum atomic E-state index is -4.32. The first-order valence-electron chi connectivity index (χ1n) is 12.1. The molecule has 1 amide bonds. The number of halogens is 4. The summed E-state index contributed by atoms with van der Waals surface area (Å²) in [6.07, 6.45) is -2.55. The Morgan fingerprint density at radius 1 is 1.06 bits per heavy atom. The van der Waals surface area contributed by atoms with Crippen molar-refractivity contribution in [3.8, 4) is 0 Å². The van der Waals surface area contributed by atoms with Crippen LogP contribution in [0.1, 0.15) is 54.2 Å². The van der Waals surface area contributed by atoms with Crippen molar-refractivity contribution in [3.05, 3.63) is 64.2 Å². The van der Waals surface area contributed by atoms with Gasteiger partial charge in [0.25, 0.3) is 5.91 Å². The Labute approximate surface area is 209 Å². The number of rotatable bonds is 4. The van der Waals surface area contributed by atoms with E-state index in [0.29, 0.717) is 35.4 Å². The Bertz CT molecular complexity index is 1020. The third kappa shape index (κ3) is 5.60. The van der Waals surface area contributed by atoms with Crippen molar-refractivity contribution in [2.45, 2.75) is 51.0 Å². The van der Waals surface area contributed by atoms with Crippen LogP contribution in [-0.2, 0) is 6.18 Å². The number of nitrogens with two attached hydrogens (primary N) is 1. The number of alkyl halides is 3. The van der Waals surface area contributed by atoms with Crippen LogP contribution in [0.15, 0.2) is 42.5 Å². The Hall–Kier alpha value is -2.29. The molecule has 2 heterocycles. The van der Waals surface area contributed by atoms with Crippen molar-refractivity contribution < 1.29 is 18.0 Å². The molecule has 2 N–H and O–H groups in total. The number of hydrogen-bond donors (Lipinski definition) is 1. The number of amides is 1. The summed E-state index contributed by atoms with van der Waals surface area (Å²) < 4.78 is 38.7. The fraction of sp³-hybridized carbons (Fsp3) is 0.500. The van der Waals surface area contributed by atoms with Gasteiger partial charge in [-0.15, -0.1) is 0 Å². The van der Waals surface area contributed by atoms with Gasteiger partial charge in [0, 0.05) is 56.5 Å². The van der Waals surface area contributed by atoms with Crippen LogP contribution < -0.4 is 5.73 Å². The summed E-state index contributed by atoms with van der Waals surface area (Å²) in [5.74, 6) is -0.116. The Morgan fingerprint density at radius 2 is 1.71 bits per heavy atom. The fourth-order valence-corrected chi connectivity index (χ4v) is 5.67. The molecule has 2 aliphatic rings. The first kappa shape index (κ1) is 25.8. The number of nitrogen functional groups attached to an aromatic ring is 1. The number of benzene rings is 2. The fourth-order valence-electron chi connectivity index (χ4n) is 5.41. The van der Waals surface area contributed by atoms with Gasteiger partial charge in [-0.3, -0.25) is 14.6 Å². The van der Waals surface area contributed by atoms with Gasteiger partial charge >= 0.3 is 6.18 Å². The molecule has 0 spiro atoms. The van der Waals surface area contributed by atoms with Gasteiger partial charge in [-0.25, -0.2) is 0 Å². The predicted molar refractivity (Wildman–Crippen MR) is 132 cm³/mol. The average Bonchev–Trinajstić information content (AvgIpc) is 2.83. The van der Waals surface area contributed by atoms with Crippen LogP contribution in [0.5, 0.6) is 0 Å². The van der Waals surface area contributed by atoms with Gasteiger partial charge in [-0.05, 0) is 56.5 Å². The molecule has 2 atom stereocenters. The molecule has 5 nitrogen and oxygen atoms in total. The smallest absolute Gasteiger partial charge is 0.398 e. The minimum absolute atomic E-state index is 0.0370. The van der Waals surface area contributed by atoms with Crippen molar-refractivity contribution >= 4 is 23.2 Å². The first-order valence-corrected chi connectivity index (χ1v) is 12.4. The molecule has 35 heavy (non-hydrogen) atoms. The summed E-state index contributed by atoms with van der Waals surface area (Å²) in [5, 5.41) is 0.379. The first-order chi connectivity index (χ1) is 16.6. The predicted octanol–water partition coefficient (Wildman–Crippen LogP) is 5.31. The van der Waals surface area contributed by atoms with E-state index in [0.717, 1.165) is 50.2 Å². The van der Waals surface area contributed by atoms with Gasteiger partial charge in [0.15, 0.2) is 0 Å². The highest BCUT2D eigenvalue weighted by molar-refractivity contribution is 6.34. The number of nitrogens with zero attached hydrogens (tertiary/aromatic N) is 3. The van der Waals surface area contributed by atoms with Gasteiger partial charge < -0.3 is 10.6 Å². The van der Waals surface area contributed by atoms with E-state index in [9.17, 15) is 18.0 Å². The maximum absolute atomic E-state index is 13.0. The van der Waals surface area contributed by atoms with Crippen molar-refractivity contribution in [2.75, 3.05) is 38.5 Å². The maximum atomic E-state index is 13.0. The van der Waals surface area contributed by atoms with Gasteiger partial charge in [0.2, 0.25) is 0 Å². The summed E-state index contributed by atoms with van der Waals surface area (Å²) in [6.45, 7) is 8.17. The number of carbonyl (C=O) groups is 1. The molecule has 2 fully saturated rings. The topological polar surface area (TPSA) is 52.8 Å². The lowest BCUT2D eigenvalue weighted by Gasteiger charge is -2.47. The Morgan fingerprint density at radius 3 is 2.29 bits per heavy atom. The summed E-state index contributed by atoms with van der Waals surface area (Å²) in [4.78, 5) is 19.7. The third-order valence-electron chi connectivity index (χ3n) is 7.46. The normalized spacial score (nSPS) is 21.8. The van der Waals surface area contributed by atoms with Crippen molar-refractivity contribution in [1.82, 2.24) is 14.7 Å². The van der Waals surface area contributed by atoms with E-state index < -0.39 is 11.7 Å². The van der Waals surface area contributed by atoms with E-state index in [2.05, 4.69) is 23.6 Å². The zero-order valence-corrected chi connectivity index (χ0v) is 20.8. The number of hydrogen-bond acceptors (Lipinski definition) is 4. The number of likely N-dealkylation sites (tertiary alicyclic amines) is 1. The highest BCUT2D eigenvalue weighted by atomic mass is 35.5. The zero-order valence-electron chi connectivity index (χ0n) is 20.1. The molecule has 2 aliphatic heterocycles. The highest BCUT2D eigenvalue weighted by Crippen LogP contribution is 2.32. The summed E-state index contributed by atoms with van der Waals surface area (Å²) in [5.41, 5.74) is 7.06. The van der Waals surface area contributed by atoms with Crippen LogP contribution in [-0.4, -0.2) is 65.4 Å². The second-order valence-electron chi connectivity index (χ2n) is 9.60. The van der Waals surface area contributed by atoms with Crippen molar-refractivity contribution in [3.63, 3.8) is 0 Å². The van der Waals surface area contributed by atoms with Gasteiger partial charge in [-0.2, -0.15) is 13.2 Å². The van der Waals surface area contributed by atoms with E-state index in [4.69, 9.17) is 17.3 Å². The molecule has 2 aromatic carbocycles. The van der Waals surface area contributed by atoms with E-state index in [1.165, 1.54) is 0 Å². The van der Waals surface area contributed by atoms with Crippen LogP contribution in [0.25, 0.3) is 0 Å². The monoisotopic (exact) mass is 508 g/mol. The number of anilines is 1. The van der Waals surface area contributed by atoms with Crippen LogP contribution in [0.4, 0.5) is 18.9 Å². The van der Waals surface area contributed by atoms with E-state index in [1.54, 1.807) is 30.3 Å². The summed E-state index contributed by atoms with van der Waals surface area (Å²) in [6, 6.07) is 11.3. The van der Waals surface area contributed by atoms with Gasteiger partial charge in [0.1, 0.15) is 0 Å². The van der Waals surface area contributed by atoms with Gasteiger partial charge in [0.05, 0.1) is 16.1 Å². The summed E-state index contributed by atoms with van der Waals surface area (Å²) in [7, 11) is 0. The molecule has 0 radical (unpaired) electrons. The summed E-state index contributed by atoms with van der Waals surface area (Å²) >= 11 is 6.23. The molecule has 9 heteroatoms. The van der Waals surface area contributed by atoms with Crippen LogP contribution in [0, 0.1) is 0 Å². The van der Waals surface area contributed by atoms with E-state index >= 15 is 0 Å². The number of piperidine rings is 1. The quantitative estimate of drug-likeness (QED) is 0.568. The molecule has 0 aliphatic carbocycles. The third-order valence-corrected chi connectivity index (χ3v) is 7.77. The average molecular weight is 509 g/mol.